The smallest absolute Gasteiger partial charge is 0.217 e. The summed E-state index contributed by atoms with van der Waals surface area (Å²) >= 11 is 0. The van der Waals surface area contributed by atoms with Crippen molar-refractivity contribution in [2.75, 3.05) is 6.61 Å². The largest absolute Gasteiger partial charge is 0.396 e. The molecular formula is C20H39NO6. The standard InChI is InChI=1S/C20H39NO6/c1-7-9-16(12(3)18(24)15(8-2)11-22)27-17-10-20(6,21-14(5)23)19(25)13(4)26-17/h12-13,15-19,22,24-25H,7-11H2,1-6H3,(H,21,23)/t12-,13+,15-,16-,17+,18-,19-,20+/m1/s1. The van der Waals surface area contributed by atoms with E-state index in [-0.39, 0.29) is 30.5 Å². The van der Waals surface area contributed by atoms with E-state index in [1.807, 2.05) is 20.8 Å². The van der Waals surface area contributed by atoms with Crippen molar-refractivity contribution in [2.24, 2.45) is 11.8 Å². The molecule has 1 aliphatic heterocycles. The summed E-state index contributed by atoms with van der Waals surface area (Å²) in [5.41, 5.74) is -0.843. The molecule has 0 aliphatic carbocycles. The van der Waals surface area contributed by atoms with Crippen molar-refractivity contribution in [1.29, 1.82) is 0 Å². The van der Waals surface area contributed by atoms with Gasteiger partial charge in [0.2, 0.25) is 5.91 Å². The monoisotopic (exact) mass is 389 g/mol. The number of amides is 1. The van der Waals surface area contributed by atoms with Gasteiger partial charge in [0, 0.05) is 31.8 Å². The first-order valence-electron chi connectivity index (χ1n) is 10.2. The third-order valence-electron chi connectivity index (χ3n) is 5.78. The van der Waals surface area contributed by atoms with Crippen molar-refractivity contribution in [3.8, 4) is 0 Å². The Kier molecular flexibility index (Phi) is 9.65. The zero-order chi connectivity index (χ0) is 20.8. The van der Waals surface area contributed by atoms with Gasteiger partial charge in [-0.1, -0.05) is 27.2 Å². The average molecular weight is 390 g/mol. The van der Waals surface area contributed by atoms with Gasteiger partial charge in [0.05, 0.1) is 23.9 Å². The van der Waals surface area contributed by atoms with Crippen LogP contribution in [0.15, 0.2) is 0 Å². The van der Waals surface area contributed by atoms with Crippen molar-refractivity contribution in [3.05, 3.63) is 0 Å². The molecule has 0 saturated carbocycles. The van der Waals surface area contributed by atoms with E-state index in [9.17, 15) is 20.1 Å². The van der Waals surface area contributed by atoms with E-state index in [1.54, 1.807) is 13.8 Å². The van der Waals surface area contributed by atoms with Gasteiger partial charge < -0.3 is 30.1 Å². The third-order valence-corrected chi connectivity index (χ3v) is 5.78. The number of carbonyl (C=O) groups excluding carboxylic acids is 1. The highest BCUT2D eigenvalue weighted by Gasteiger charge is 2.46. The lowest BCUT2D eigenvalue weighted by Crippen LogP contribution is -2.63. The number of nitrogens with one attached hydrogen (secondary N) is 1. The summed E-state index contributed by atoms with van der Waals surface area (Å²) in [7, 11) is 0. The van der Waals surface area contributed by atoms with Crippen LogP contribution in [0.3, 0.4) is 0 Å². The zero-order valence-electron chi connectivity index (χ0n) is 17.6. The molecule has 7 nitrogen and oxygen atoms in total. The van der Waals surface area contributed by atoms with Crippen molar-refractivity contribution in [1.82, 2.24) is 5.32 Å². The maximum Gasteiger partial charge on any atom is 0.217 e. The molecule has 160 valence electrons. The lowest BCUT2D eigenvalue weighted by molar-refractivity contribution is -0.264. The summed E-state index contributed by atoms with van der Waals surface area (Å²) in [4.78, 5) is 11.6. The van der Waals surface area contributed by atoms with Crippen LogP contribution in [0.2, 0.25) is 0 Å². The second-order valence-electron chi connectivity index (χ2n) is 8.18. The fourth-order valence-corrected chi connectivity index (χ4v) is 4.02. The summed E-state index contributed by atoms with van der Waals surface area (Å²) in [5.74, 6) is -0.590. The van der Waals surface area contributed by atoms with Crippen molar-refractivity contribution in [3.63, 3.8) is 0 Å². The van der Waals surface area contributed by atoms with E-state index in [0.29, 0.717) is 12.8 Å². The van der Waals surface area contributed by atoms with Gasteiger partial charge in [-0.25, -0.2) is 0 Å². The Morgan fingerprint density at radius 1 is 1.41 bits per heavy atom. The topological polar surface area (TPSA) is 108 Å². The molecule has 0 unspecified atom stereocenters. The molecule has 1 saturated heterocycles. The number of aliphatic hydroxyl groups is 3. The van der Waals surface area contributed by atoms with Gasteiger partial charge in [0.1, 0.15) is 6.10 Å². The van der Waals surface area contributed by atoms with E-state index >= 15 is 0 Å². The molecule has 0 aromatic rings. The SMILES string of the molecule is CCC[C@@H](O[C@H]1C[C@](C)(NC(C)=O)[C@H](O)[C@H](C)O1)[C@@H](C)[C@@H](O)[C@H](CC)CO. The molecule has 0 radical (unpaired) electrons. The van der Waals surface area contributed by atoms with Gasteiger partial charge in [-0.3, -0.25) is 4.79 Å². The molecule has 0 aromatic carbocycles. The Balaban J connectivity index is 2.90. The van der Waals surface area contributed by atoms with Crippen molar-refractivity contribution < 1.29 is 29.6 Å². The van der Waals surface area contributed by atoms with Crippen LogP contribution in [0.4, 0.5) is 0 Å². The number of hydrogen-bond donors (Lipinski definition) is 4. The van der Waals surface area contributed by atoms with E-state index in [1.165, 1.54) is 6.92 Å². The third kappa shape index (κ3) is 6.39. The Morgan fingerprint density at radius 2 is 2.04 bits per heavy atom. The highest BCUT2D eigenvalue weighted by molar-refractivity contribution is 5.73. The summed E-state index contributed by atoms with van der Waals surface area (Å²) in [6.45, 7) is 10.8. The predicted molar refractivity (Wildman–Crippen MR) is 103 cm³/mol. The van der Waals surface area contributed by atoms with E-state index in [2.05, 4.69) is 5.32 Å². The maximum absolute atomic E-state index is 11.6. The van der Waals surface area contributed by atoms with Crippen molar-refractivity contribution >= 4 is 5.91 Å². The van der Waals surface area contributed by atoms with Crippen molar-refractivity contribution in [2.45, 2.75) is 103 Å². The fourth-order valence-electron chi connectivity index (χ4n) is 4.02. The zero-order valence-corrected chi connectivity index (χ0v) is 17.6. The minimum Gasteiger partial charge on any atom is -0.396 e. The minimum absolute atomic E-state index is 0.0649. The quantitative estimate of drug-likeness (QED) is 0.452. The van der Waals surface area contributed by atoms with Crippen LogP contribution in [0.5, 0.6) is 0 Å². The van der Waals surface area contributed by atoms with Crippen LogP contribution in [0.1, 0.15) is 67.2 Å². The molecule has 4 N–H and O–H groups in total. The molecule has 1 amide bonds. The Morgan fingerprint density at radius 3 is 2.52 bits per heavy atom. The van der Waals surface area contributed by atoms with Gasteiger partial charge in [-0.05, 0) is 26.7 Å². The molecule has 8 atom stereocenters. The number of rotatable bonds is 10. The van der Waals surface area contributed by atoms with E-state index in [0.717, 1.165) is 12.8 Å². The number of hydrogen-bond acceptors (Lipinski definition) is 6. The minimum atomic E-state index is -0.843. The Bertz CT molecular complexity index is 458. The van der Waals surface area contributed by atoms with Crippen LogP contribution >= 0.6 is 0 Å². The molecule has 27 heavy (non-hydrogen) atoms. The predicted octanol–water partition coefficient (Wildman–Crippen LogP) is 1.58. The summed E-state index contributed by atoms with van der Waals surface area (Å²) in [5, 5.41) is 33.4. The molecule has 0 aromatic heterocycles. The van der Waals surface area contributed by atoms with Gasteiger partial charge in [-0.15, -0.1) is 0 Å². The van der Waals surface area contributed by atoms with Crippen LogP contribution in [0.25, 0.3) is 0 Å². The van der Waals surface area contributed by atoms with Crippen LogP contribution in [-0.2, 0) is 14.3 Å². The maximum atomic E-state index is 11.6. The lowest BCUT2D eigenvalue weighted by atomic mass is 9.84. The average Bonchev–Trinajstić information content (AvgIpc) is 2.58. The molecule has 0 bridgehead atoms. The lowest BCUT2D eigenvalue weighted by Gasteiger charge is -2.46. The molecule has 7 heteroatoms. The van der Waals surface area contributed by atoms with Gasteiger partial charge >= 0.3 is 0 Å². The molecule has 1 rings (SSSR count). The fraction of sp³-hybridized carbons (Fsp3) is 0.950. The molecule has 1 aliphatic rings. The second-order valence-corrected chi connectivity index (χ2v) is 8.18. The summed E-state index contributed by atoms with van der Waals surface area (Å²) in [6, 6.07) is 0. The van der Waals surface area contributed by atoms with Gasteiger partial charge in [-0.2, -0.15) is 0 Å². The molecule has 1 heterocycles. The summed E-state index contributed by atoms with van der Waals surface area (Å²) < 4.78 is 12.1. The number of ether oxygens (including phenoxy) is 2. The Labute approximate surface area is 163 Å². The first kappa shape index (κ1) is 24.3. The van der Waals surface area contributed by atoms with Crippen LogP contribution in [0, 0.1) is 11.8 Å². The van der Waals surface area contributed by atoms with Crippen LogP contribution in [-0.4, -0.2) is 64.1 Å². The summed E-state index contributed by atoms with van der Waals surface area (Å²) in [6.07, 6.45) is -0.232. The number of carbonyl (C=O) groups is 1. The first-order chi connectivity index (χ1) is 12.6. The molecule has 1 fully saturated rings. The highest BCUT2D eigenvalue weighted by atomic mass is 16.7. The molecule has 0 spiro atoms. The van der Waals surface area contributed by atoms with Gasteiger partial charge in [0.25, 0.3) is 0 Å². The normalized spacial score (nSPS) is 33.1. The first-order valence-corrected chi connectivity index (χ1v) is 10.2. The highest BCUT2D eigenvalue weighted by Crippen LogP contribution is 2.33. The Hall–Kier alpha value is -0.730. The van der Waals surface area contributed by atoms with Crippen LogP contribution < -0.4 is 5.32 Å². The van der Waals surface area contributed by atoms with E-state index < -0.39 is 30.1 Å². The van der Waals surface area contributed by atoms with E-state index in [4.69, 9.17) is 9.47 Å². The van der Waals surface area contributed by atoms with Gasteiger partial charge in [0.15, 0.2) is 6.29 Å². The second kappa shape index (κ2) is 10.7. The number of aliphatic hydroxyl groups excluding tert-OH is 3. The molecular weight excluding hydrogens is 350 g/mol.